The van der Waals surface area contributed by atoms with Gasteiger partial charge in [-0.1, -0.05) is 0 Å². The van der Waals surface area contributed by atoms with E-state index >= 15 is 0 Å². The second-order valence-electron chi connectivity index (χ2n) is 6.45. The van der Waals surface area contributed by atoms with Crippen molar-refractivity contribution in [1.82, 2.24) is 15.5 Å². The van der Waals surface area contributed by atoms with Gasteiger partial charge in [-0.05, 0) is 25.5 Å². The van der Waals surface area contributed by atoms with E-state index in [1.807, 2.05) is 13.0 Å². The maximum Gasteiger partial charge on any atom is 0.191 e. The van der Waals surface area contributed by atoms with Crippen LogP contribution in [0.25, 0.3) is 0 Å². The van der Waals surface area contributed by atoms with Crippen LogP contribution in [-0.4, -0.2) is 84.2 Å². The molecule has 9 heteroatoms. The highest BCUT2D eigenvalue weighted by atomic mass is 127. The van der Waals surface area contributed by atoms with Gasteiger partial charge in [0.25, 0.3) is 0 Å². The lowest BCUT2D eigenvalue weighted by Gasteiger charge is -2.33. The van der Waals surface area contributed by atoms with Crippen LogP contribution in [0.3, 0.4) is 0 Å². The monoisotopic (exact) mass is 510 g/mol. The number of methoxy groups -OCH3 is 1. The van der Waals surface area contributed by atoms with Gasteiger partial charge in [-0.15, -0.1) is 24.0 Å². The zero-order chi connectivity index (χ0) is 19.3. The van der Waals surface area contributed by atoms with Crippen LogP contribution in [0.2, 0.25) is 0 Å². The van der Waals surface area contributed by atoms with Crippen LogP contribution in [0.15, 0.2) is 21.5 Å². The van der Waals surface area contributed by atoms with Crippen LogP contribution in [-0.2, 0) is 14.2 Å². The Balaban J connectivity index is 0.00000392. The number of nitrogens with one attached hydrogen (secondary N) is 2. The second kappa shape index (κ2) is 15.0. The highest BCUT2D eigenvalue weighted by molar-refractivity contribution is 14.0. The number of ether oxygens (including phenoxy) is 3. The molecule has 2 rings (SSSR count). The van der Waals surface area contributed by atoms with Crippen molar-refractivity contribution >= 4 is 29.9 Å². The molecule has 8 nitrogen and oxygen atoms in total. The van der Waals surface area contributed by atoms with Gasteiger partial charge in [-0.25, -0.2) is 0 Å². The van der Waals surface area contributed by atoms with Crippen LogP contribution >= 0.6 is 24.0 Å². The van der Waals surface area contributed by atoms with Crippen LogP contribution < -0.4 is 10.6 Å². The van der Waals surface area contributed by atoms with Gasteiger partial charge in [0.1, 0.15) is 11.5 Å². The van der Waals surface area contributed by atoms with Crippen molar-refractivity contribution < 1.29 is 18.6 Å². The van der Waals surface area contributed by atoms with Crippen LogP contribution in [0.5, 0.6) is 0 Å². The first kappa shape index (κ1) is 25.2. The normalized spacial score (nSPS) is 16.5. The number of aliphatic imine (C=N–C) groups is 1. The number of morpholine rings is 1. The first-order valence-corrected chi connectivity index (χ1v) is 9.64. The number of hydrogen-bond donors (Lipinski definition) is 2. The third-order valence-corrected chi connectivity index (χ3v) is 4.45. The molecule has 1 aliphatic heterocycles. The van der Waals surface area contributed by atoms with E-state index in [0.29, 0.717) is 19.8 Å². The van der Waals surface area contributed by atoms with E-state index in [9.17, 15) is 0 Å². The number of hydrogen-bond acceptors (Lipinski definition) is 6. The quantitative estimate of drug-likeness (QED) is 0.204. The van der Waals surface area contributed by atoms with Gasteiger partial charge in [0.15, 0.2) is 5.96 Å². The number of halogens is 1. The molecule has 28 heavy (non-hydrogen) atoms. The minimum atomic E-state index is 0. The summed E-state index contributed by atoms with van der Waals surface area (Å²) in [6, 6.07) is 4.22. The summed E-state index contributed by atoms with van der Waals surface area (Å²) in [5.41, 5.74) is 0. The fraction of sp³-hybridized carbons (Fsp3) is 0.737. The van der Waals surface area contributed by atoms with Crippen molar-refractivity contribution in [1.29, 1.82) is 0 Å². The molecule has 162 valence electrons. The predicted octanol–water partition coefficient (Wildman–Crippen LogP) is 1.80. The van der Waals surface area contributed by atoms with Crippen molar-refractivity contribution in [2.75, 3.05) is 73.4 Å². The molecular weight excluding hydrogens is 475 g/mol. The number of nitrogens with zero attached hydrogens (tertiary/aromatic N) is 2. The van der Waals surface area contributed by atoms with Gasteiger partial charge in [0.05, 0.1) is 32.5 Å². The summed E-state index contributed by atoms with van der Waals surface area (Å²) in [4.78, 5) is 6.71. The van der Waals surface area contributed by atoms with E-state index in [4.69, 9.17) is 18.6 Å². The Morgan fingerprint density at radius 3 is 2.64 bits per heavy atom. The highest BCUT2D eigenvalue weighted by Gasteiger charge is 2.25. The SMILES string of the molecule is CN=C(NCCCOCCOC)NCC(c1ccc(C)o1)N1CCOCC1.I. The third-order valence-electron chi connectivity index (χ3n) is 4.45. The standard InChI is InChI=1S/C19H34N4O4.HI/c1-16-5-6-18(27-16)17(23-8-11-26-12-9-23)15-22-19(20-2)21-7-4-10-25-14-13-24-3;/h5-6,17H,4,7-15H2,1-3H3,(H2,20,21,22);1H. The van der Waals surface area contributed by atoms with Crippen molar-refractivity contribution in [2.45, 2.75) is 19.4 Å². The highest BCUT2D eigenvalue weighted by Crippen LogP contribution is 2.23. The summed E-state index contributed by atoms with van der Waals surface area (Å²) >= 11 is 0. The first-order valence-electron chi connectivity index (χ1n) is 9.64. The summed E-state index contributed by atoms with van der Waals surface area (Å²) in [5, 5.41) is 6.75. The first-order chi connectivity index (χ1) is 13.2. The third kappa shape index (κ3) is 9.08. The summed E-state index contributed by atoms with van der Waals surface area (Å²) < 4.78 is 21.8. The smallest absolute Gasteiger partial charge is 0.191 e. The van der Waals surface area contributed by atoms with Gasteiger partial charge < -0.3 is 29.3 Å². The zero-order valence-corrected chi connectivity index (χ0v) is 19.6. The molecule has 1 saturated heterocycles. The molecular formula is C19H35IN4O4. The molecule has 1 unspecified atom stereocenters. The molecule has 2 heterocycles. The topological polar surface area (TPSA) is 80.5 Å². The molecule has 0 spiro atoms. The number of aryl methyl sites for hydroxylation is 1. The second-order valence-corrected chi connectivity index (χ2v) is 6.45. The Morgan fingerprint density at radius 2 is 2.00 bits per heavy atom. The van der Waals surface area contributed by atoms with E-state index in [1.54, 1.807) is 14.2 Å². The Labute approximate surface area is 185 Å². The molecule has 0 bridgehead atoms. The summed E-state index contributed by atoms with van der Waals surface area (Å²) in [5.74, 6) is 2.69. The molecule has 0 aliphatic carbocycles. The van der Waals surface area contributed by atoms with Gasteiger partial charge in [0.2, 0.25) is 0 Å². The average Bonchev–Trinajstić information content (AvgIpc) is 3.12. The maximum absolute atomic E-state index is 5.90. The van der Waals surface area contributed by atoms with Crippen molar-refractivity contribution in [2.24, 2.45) is 4.99 Å². The molecule has 1 fully saturated rings. The summed E-state index contributed by atoms with van der Waals surface area (Å²) in [6.07, 6.45) is 0.911. The Hall–Kier alpha value is -0.880. The lowest BCUT2D eigenvalue weighted by Crippen LogP contribution is -2.46. The van der Waals surface area contributed by atoms with Crippen LogP contribution in [0.1, 0.15) is 24.0 Å². The van der Waals surface area contributed by atoms with Gasteiger partial charge >= 0.3 is 0 Å². The molecule has 0 saturated carbocycles. The minimum absolute atomic E-state index is 0. The lowest BCUT2D eigenvalue weighted by molar-refractivity contribution is 0.0124. The fourth-order valence-electron chi connectivity index (χ4n) is 2.97. The molecule has 1 atom stereocenters. The molecule has 0 radical (unpaired) electrons. The van der Waals surface area contributed by atoms with Gasteiger partial charge in [-0.2, -0.15) is 0 Å². The zero-order valence-electron chi connectivity index (χ0n) is 17.2. The van der Waals surface area contributed by atoms with E-state index in [-0.39, 0.29) is 30.0 Å². The Bertz CT molecular complexity index is 550. The van der Waals surface area contributed by atoms with Gasteiger partial charge in [0, 0.05) is 46.9 Å². The average molecular weight is 510 g/mol. The summed E-state index contributed by atoms with van der Waals surface area (Å²) in [6.45, 7) is 8.77. The Kier molecular flexibility index (Phi) is 13.5. The van der Waals surface area contributed by atoms with Gasteiger partial charge in [-0.3, -0.25) is 9.89 Å². The fourth-order valence-corrected chi connectivity index (χ4v) is 2.97. The Morgan fingerprint density at radius 1 is 1.21 bits per heavy atom. The number of rotatable bonds is 11. The molecule has 1 aliphatic rings. The largest absolute Gasteiger partial charge is 0.465 e. The molecule has 1 aromatic heterocycles. The minimum Gasteiger partial charge on any atom is -0.465 e. The lowest BCUT2D eigenvalue weighted by atomic mass is 10.1. The molecule has 1 aromatic rings. The number of guanidine groups is 1. The van der Waals surface area contributed by atoms with E-state index in [1.165, 1.54) is 0 Å². The molecule has 0 aromatic carbocycles. The number of furan rings is 1. The molecule has 0 amide bonds. The van der Waals surface area contributed by atoms with Crippen molar-refractivity contribution in [3.63, 3.8) is 0 Å². The maximum atomic E-state index is 5.90. The van der Waals surface area contributed by atoms with Crippen LogP contribution in [0, 0.1) is 6.92 Å². The summed E-state index contributed by atoms with van der Waals surface area (Å²) in [7, 11) is 3.46. The van der Waals surface area contributed by atoms with Crippen molar-refractivity contribution in [3.05, 3.63) is 23.7 Å². The predicted molar refractivity (Wildman–Crippen MR) is 121 cm³/mol. The van der Waals surface area contributed by atoms with E-state index in [2.05, 4.69) is 26.6 Å². The van der Waals surface area contributed by atoms with Crippen LogP contribution in [0.4, 0.5) is 0 Å². The van der Waals surface area contributed by atoms with Crippen molar-refractivity contribution in [3.8, 4) is 0 Å². The molecule has 2 N–H and O–H groups in total. The van der Waals surface area contributed by atoms with E-state index < -0.39 is 0 Å². The van der Waals surface area contributed by atoms with E-state index in [0.717, 1.165) is 63.3 Å².